The molecule has 0 radical (unpaired) electrons. The molecule has 190 valence electrons. The van der Waals surface area contributed by atoms with E-state index >= 15 is 0 Å². The number of imidazole rings is 1. The number of likely N-dealkylation sites (tertiary alicyclic amines) is 2. The maximum Gasteiger partial charge on any atom is 0.225 e. The maximum atomic E-state index is 13.4. The van der Waals surface area contributed by atoms with E-state index in [1.165, 1.54) is 5.56 Å². The average molecular weight is 487 g/mol. The minimum Gasteiger partial charge on any atom is -0.342 e. The number of benzene rings is 1. The van der Waals surface area contributed by atoms with Crippen molar-refractivity contribution in [2.24, 2.45) is 5.92 Å². The molecule has 0 atom stereocenters. The molecule has 3 aromatic rings. The number of nitrogens with one attached hydrogen (secondary N) is 1. The van der Waals surface area contributed by atoms with Gasteiger partial charge < -0.3 is 14.8 Å². The Labute approximate surface area is 214 Å². The highest BCUT2D eigenvalue weighted by Crippen LogP contribution is 2.30. The second-order valence-corrected chi connectivity index (χ2v) is 10.0. The van der Waals surface area contributed by atoms with E-state index in [1.807, 2.05) is 25.3 Å². The van der Waals surface area contributed by atoms with Gasteiger partial charge in [-0.15, -0.1) is 0 Å². The smallest absolute Gasteiger partial charge is 0.225 e. The van der Waals surface area contributed by atoms with Gasteiger partial charge >= 0.3 is 0 Å². The third-order valence-electron chi connectivity index (χ3n) is 7.63. The highest BCUT2D eigenvalue weighted by Gasteiger charge is 2.32. The van der Waals surface area contributed by atoms with E-state index in [4.69, 9.17) is 4.98 Å². The normalized spacial score (nSPS) is 18.4. The van der Waals surface area contributed by atoms with Crippen molar-refractivity contribution < 1.29 is 4.79 Å². The first-order valence-corrected chi connectivity index (χ1v) is 13.4. The fourth-order valence-electron chi connectivity index (χ4n) is 5.65. The molecule has 0 spiro atoms. The van der Waals surface area contributed by atoms with E-state index in [1.54, 1.807) is 0 Å². The first kappa shape index (κ1) is 24.7. The Balaban J connectivity index is 1.17. The zero-order chi connectivity index (χ0) is 24.7. The first-order valence-electron chi connectivity index (χ1n) is 13.4. The zero-order valence-electron chi connectivity index (χ0n) is 21.4. The molecule has 0 unspecified atom stereocenters. The second kappa shape index (κ2) is 11.8. The lowest BCUT2D eigenvalue weighted by atomic mass is 9.93. The lowest BCUT2D eigenvalue weighted by Crippen LogP contribution is -2.45. The molecule has 36 heavy (non-hydrogen) atoms. The standard InChI is InChI=1S/C29H38N6O/c1-2-3-15-30-21-27-32-26-10-7-16-31-28(26)35(27)25-13-19-34(20-14-25)29(36)24-11-17-33(18-12-24)22-23-8-5-4-6-9-23/h2-10,16,24-25,30H,11-15,17-22H2,1H3/b3-2-. The number of hydrogen-bond donors (Lipinski definition) is 1. The predicted molar refractivity (Wildman–Crippen MR) is 143 cm³/mol. The van der Waals surface area contributed by atoms with E-state index in [9.17, 15) is 4.79 Å². The minimum absolute atomic E-state index is 0.163. The molecule has 0 bridgehead atoms. The van der Waals surface area contributed by atoms with Crippen LogP contribution in [0.5, 0.6) is 0 Å². The van der Waals surface area contributed by atoms with E-state index in [-0.39, 0.29) is 5.92 Å². The second-order valence-electron chi connectivity index (χ2n) is 10.0. The van der Waals surface area contributed by atoms with Gasteiger partial charge in [0.05, 0.1) is 6.54 Å². The van der Waals surface area contributed by atoms with E-state index in [0.717, 1.165) is 81.9 Å². The number of pyridine rings is 1. The quantitative estimate of drug-likeness (QED) is 0.382. The molecule has 5 rings (SSSR count). The summed E-state index contributed by atoms with van der Waals surface area (Å²) in [4.78, 5) is 27.5. The van der Waals surface area contributed by atoms with Crippen LogP contribution in [0.15, 0.2) is 60.8 Å². The number of rotatable bonds is 8. The number of amides is 1. The van der Waals surface area contributed by atoms with Gasteiger partial charge in [-0.3, -0.25) is 9.69 Å². The highest BCUT2D eigenvalue weighted by atomic mass is 16.2. The summed E-state index contributed by atoms with van der Waals surface area (Å²) in [5.74, 6) is 1.55. The number of carbonyl (C=O) groups excluding carboxylic acids is 1. The van der Waals surface area contributed by atoms with Crippen LogP contribution >= 0.6 is 0 Å². The van der Waals surface area contributed by atoms with Crippen LogP contribution in [0.2, 0.25) is 0 Å². The van der Waals surface area contributed by atoms with Crippen LogP contribution in [-0.2, 0) is 17.9 Å². The Morgan fingerprint density at radius 3 is 2.56 bits per heavy atom. The maximum absolute atomic E-state index is 13.4. The Hall–Kier alpha value is -3.03. The highest BCUT2D eigenvalue weighted by molar-refractivity contribution is 5.79. The summed E-state index contributed by atoms with van der Waals surface area (Å²) in [6, 6.07) is 14.9. The van der Waals surface area contributed by atoms with Crippen LogP contribution in [-0.4, -0.2) is 63.0 Å². The van der Waals surface area contributed by atoms with Crippen molar-refractivity contribution in [2.75, 3.05) is 32.7 Å². The molecule has 2 aliphatic heterocycles. The number of piperidine rings is 2. The largest absolute Gasteiger partial charge is 0.342 e. The SMILES string of the molecule is C/C=C\CNCc1nc2cccnc2n1C1CCN(C(=O)C2CCN(Cc3ccccc3)CC2)CC1. The lowest BCUT2D eigenvalue weighted by Gasteiger charge is -2.38. The van der Waals surface area contributed by atoms with Gasteiger partial charge in [-0.2, -0.15) is 0 Å². The zero-order valence-corrected chi connectivity index (χ0v) is 21.4. The average Bonchev–Trinajstić information content (AvgIpc) is 3.30. The summed E-state index contributed by atoms with van der Waals surface area (Å²) in [7, 11) is 0. The number of carbonyl (C=O) groups is 1. The molecule has 1 amide bonds. The number of nitrogens with zero attached hydrogens (tertiary/aromatic N) is 5. The van der Waals surface area contributed by atoms with Crippen molar-refractivity contribution in [3.63, 3.8) is 0 Å². The fourth-order valence-corrected chi connectivity index (χ4v) is 5.65. The summed E-state index contributed by atoms with van der Waals surface area (Å²) >= 11 is 0. The molecule has 2 fully saturated rings. The Kier molecular flexibility index (Phi) is 8.08. The molecular formula is C29H38N6O. The fraction of sp³-hybridized carbons (Fsp3) is 0.483. The van der Waals surface area contributed by atoms with E-state index < -0.39 is 0 Å². The van der Waals surface area contributed by atoms with Crippen LogP contribution in [0.4, 0.5) is 0 Å². The van der Waals surface area contributed by atoms with Crippen LogP contribution in [0.25, 0.3) is 11.2 Å². The Morgan fingerprint density at radius 2 is 1.81 bits per heavy atom. The van der Waals surface area contributed by atoms with Crippen molar-refractivity contribution in [3.8, 4) is 0 Å². The van der Waals surface area contributed by atoms with Crippen LogP contribution in [0.3, 0.4) is 0 Å². The van der Waals surface area contributed by atoms with Crippen LogP contribution in [0.1, 0.15) is 50.0 Å². The van der Waals surface area contributed by atoms with Crippen LogP contribution in [0, 0.1) is 5.92 Å². The minimum atomic E-state index is 0.163. The summed E-state index contributed by atoms with van der Waals surface area (Å²) in [6.07, 6.45) is 9.83. The first-order chi connectivity index (χ1) is 17.7. The summed E-state index contributed by atoms with van der Waals surface area (Å²) in [6.45, 7) is 8.16. The summed E-state index contributed by atoms with van der Waals surface area (Å²) in [5, 5.41) is 3.47. The molecular weight excluding hydrogens is 448 g/mol. The third kappa shape index (κ3) is 5.68. The number of fused-ring (bicyclic) bond motifs is 1. The van der Waals surface area contributed by atoms with Gasteiger partial charge in [-0.05, 0) is 63.4 Å². The molecule has 2 saturated heterocycles. The van der Waals surface area contributed by atoms with Crippen molar-refractivity contribution in [1.82, 2.24) is 29.7 Å². The monoisotopic (exact) mass is 486 g/mol. The molecule has 0 aliphatic carbocycles. The molecule has 4 heterocycles. The molecule has 2 aromatic heterocycles. The van der Waals surface area contributed by atoms with E-state index in [2.05, 4.69) is 67.2 Å². The number of hydrogen-bond acceptors (Lipinski definition) is 5. The number of aromatic nitrogens is 3. The molecule has 2 aliphatic rings. The summed E-state index contributed by atoms with van der Waals surface area (Å²) in [5.41, 5.74) is 3.25. The van der Waals surface area contributed by atoms with Crippen molar-refractivity contribution in [1.29, 1.82) is 0 Å². The van der Waals surface area contributed by atoms with Gasteiger partial charge in [-0.25, -0.2) is 9.97 Å². The molecule has 7 heteroatoms. The number of allylic oxidation sites excluding steroid dienone is 1. The van der Waals surface area contributed by atoms with Gasteiger partial charge in [-0.1, -0.05) is 42.5 Å². The molecule has 7 nitrogen and oxygen atoms in total. The van der Waals surface area contributed by atoms with Gasteiger partial charge in [0.1, 0.15) is 11.3 Å². The topological polar surface area (TPSA) is 66.3 Å². The molecule has 1 N–H and O–H groups in total. The predicted octanol–water partition coefficient (Wildman–Crippen LogP) is 4.17. The van der Waals surface area contributed by atoms with Crippen molar-refractivity contribution in [3.05, 3.63) is 72.2 Å². The van der Waals surface area contributed by atoms with Crippen LogP contribution < -0.4 is 5.32 Å². The molecule has 1 aromatic carbocycles. The van der Waals surface area contributed by atoms with Gasteiger partial charge in [0.15, 0.2) is 5.65 Å². The third-order valence-corrected chi connectivity index (χ3v) is 7.63. The Morgan fingerprint density at radius 1 is 1.03 bits per heavy atom. The molecule has 0 saturated carbocycles. The Bertz CT molecular complexity index is 1160. The van der Waals surface area contributed by atoms with Crippen molar-refractivity contribution in [2.45, 2.75) is 51.7 Å². The van der Waals surface area contributed by atoms with Gasteiger partial charge in [0.25, 0.3) is 0 Å². The van der Waals surface area contributed by atoms with Gasteiger partial charge in [0.2, 0.25) is 5.91 Å². The van der Waals surface area contributed by atoms with Gasteiger partial charge in [0, 0.05) is 44.3 Å². The summed E-state index contributed by atoms with van der Waals surface area (Å²) < 4.78 is 2.32. The van der Waals surface area contributed by atoms with E-state index in [0.29, 0.717) is 18.5 Å². The van der Waals surface area contributed by atoms with Crippen molar-refractivity contribution >= 4 is 17.1 Å². The lowest BCUT2D eigenvalue weighted by molar-refractivity contribution is -0.138.